The molecule has 13 heteroatoms. The summed E-state index contributed by atoms with van der Waals surface area (Å²) in [7, 11) is -3.07. The van der Waals surface area contributed by atoms with E-state index >= 15 is 0 Å². The summed E-state index contributed by atoms with van der Waals surface area (Å²) in [5, 5.41) is 12.0. The molecule has 0 fully saturated rings. The van der Waals surface area contributed by atoms with Crippen LogP contribution in [-0.4, -0.2) is 42.9 Å². The van der Waals surface area contributed by atoms with Crippen LogP contribution in [0.1, 0.15) is 29.4 Å². The Labute approximate surface area is 186 Å². The smallest absolute Gasteiger partial charge is 0.419 e. The summed E-state index contributed by atoms with van der Waals surface area (Å²) in [6.45, 7) is 3.95. The van der Waals surface area contributed by atoms with Gasteiger partial charge in [-0.15, -0.1) is 6.42 Å². The number of ether oxygens (including phenoxy) is 1. The molecular weight excluding hydrogens is 470 g/mol. The largest absolute Gasteiger partial charge is 0.490 e. The first-order valence-corrected chi connectivity index (χ1v) is 10.5. The van der Waals surface area contributed by atoms with Crippen LogP contribution < -0.4 is 10.1 Å². The topological polar surface area (TPSA) is 110 Å². The second kappa shape index (κ2) is 9.24. The molecule has 0 spiro atoms. The number of hydrogen-bond acceptors (Lipinski definition) is 5. The van der Waals surface area contributed by atoms with Crippen molar-refractivity contribution in [2.24, 2.45) is 11.4 Å². The SMILES string of the molecule is C#C[C@@](C)(O)CCOc1c(S(=O)(=O)N=C)cn(C)c1C(=O)Nc1ccc(F)c(C(F)(F)F)c1. The number of rotatable bonds is 8. The molecule has 2 rings (SSSR count). The molecule has 2 N–H and O–H groups in total. The summed E-state index contributed by atoms with van der Waals surface area (Å²) in [4.78, 5) is 12.3. The van der Waals surface area contributed by atoms with Crippen molar-refractivity contribution in [3.05, 3.63) is 41.5 Å². The minimum atomic E-state index is -5.01. The maximum absolute atomic E-state index is 13.5. The Hall–Kier alpha value is -3.37. The first-order valence-electron chi connectivity index (χ1n) is 9.06. The molecule has 0 aliphatic heterocycles. The fourth-order valence-corrected chi connectivity index (χ4v) is 3.49. The van der Waals surface area contributed by atoms with Gasteiger partial charge in [0.2, 0.25) is 0 Å². The molecule has 0 saturated heterocycles. The standard InChI is InChI=1S/C20H19F4N3O5S/c1-5-19(2,29)8-9-32-17-15(33(30,31)25-3)11-27(4)16(17)18(28)26-12-6-7-14(21)13(10-12)20(22,23)24/h1,6-7,10-11,29H,3,8-9H2,2,4H3,(H,26,28)/t19-/m1/s1. The van der Waals surface area contributed by atoms with E-state index in [1.807, 2.05) is 0 Å². The van der Waals surface area contributed by atoms with E-state index in [-0.39, 0.29) is 13.0 Å². The van der Waals surface area contributed by atoms with Gasteiger partial charge in [0.15, 0.2) is 11.4 Å². The van der Waals surface area contributed by atoms with E-state index in [1.54, 1.807) is 0 Å². The quantitative estimate of drug-likeness (QED) is 0.337. The summed E-state index contributed by atoms with van der Waals surface area (Å²) in [5.74, 6) is -0.963. The number of hydrogen-bond donors (Lipinski definition) is 2. The lowest BCUT2D eigenvalue weighted by molar-refractivity contribution is -0.139. The highest BCUT2D eigenvalue weighted by Gasteiger charge is 2.35. The van der Waals surface area contributed by atoms with Crippen molar-refractivity contribution >= 4 is 28.3 Å². The van der Waals surface area contributed by atoms with Crippen molar-refractivity contribution in [3.63, 3.8) is 0 Å². The molecule has 0 aliphatic rings. The minimum Gasteiger partial charge on any atom is -0.490 e. The highest BCUT2D eigenvalue weighted by molar-refractivity contribution is 7.90. The summed E-state index contributed by atoms with van der Waals surface area (Å²) in [5.41, 5.74) is -3.98. The second-order valence-electron chi connectivity index (χ2n) is 7.05. The van der Waals surface area contributed by atoms with Crippen molar-refractivity contribution in [1.82, 2.24) is 4.57 Å². The molecule has 1 aromatic carbocycles. The zero-order valence-electron chi connectivity index (χ0n) is 17.4. The number of carbonyl (C=O) groups excluding carboxylic acids is 1. The lowest BCUT2D eigenvalue weighted by Gasteiger charge is -2.17. The number of halogens is 4. The van der Waals surface area contributed by atoms with Crippen LogP contribution >= 0.6 is 0 Å². The zero-order valence-corrected chi connectivity index (χ0v) is 18.2. The monoisotopic (exact) mass is 489 g/mol. The van der Waals surface area contributed by atoms with Gasteiger partial charge in [-0.25, -0.2) is 4.39 Å². The number of terminal acetylenes is 1. The third-order valence-corrected chi connectivity index (χ3v) is 5.63. The van der Waals surface area contributed by atoms with Crippen LogP contribution in [0.3, 0.4) is 0 Å². The predicted molar refractivity (Wildman–Crippen MR) is 111 cm³/mol. The molecular formula is C20H19F4N3O5S. The maximum Gasteiger partial charge on any atom is 0.419 e. The fraction of sp³-hybridized carbons (Fsp3) is 0.300. The molecule has 0 radical (unpaired) electrons. The number of aromatic nitrogens is 1. The Bertz CT molecular complexity index is 1230. The number of benzene rings is 1. The molecule has 1 heterocycles. The van der Waals surface area contributed by atoms with Crippen molar-refractivity contribution < 1.29 is 40.6 Å². The summed E-state index contributed by atoms with van der Waals surface area (Å²) in [6, 6.07) is 1.82. The van der Waals surface area contributed by atoms with E-state index in [9.17, 15) is 35.9 Å². The maximum atomic E-state index is 13.5. The normalized spacial score (nSPS) is 13.6. The number of amides is 1. The van der Waals surface area contributed by atoms with Gasteiger partial charge >= 0.3 is 6.18 Å². The molecule has 33 heavy (non-hydrogen) atoms. The average Bonchev–Trinajstić information content (AvgIpc) is 3.05. The number of anilines is 1. The number of nitrogens with zero attached hydrogens (tertiary/aromatic N) is 2. The van der Waals surface area contributed by atoms with Crippen LogP contribution in [0.2, 0.25) is 0 Å². The van der Waals surface area contributed by atoms with Gasteiger partial charge in [-0.05, 0) is 25.1 Å². The van der Waals surface area contributed by atoms with Gasteiger partial charge in [-0.2, -0.15) is 26.0 Å². The molecule has 0 aliphatic carbocycles. The van der Waals surface area contributed by atoms with Crippen molar-refractivity contribution in [1.29, 1.82) is 0 Å². The molecule has 0 bridgehead atoms. The molecule has 178 valence electrons. The molecule has 0 saturated carbocycles. The highest BCUT2D eigenvalue weighted by atomic mass is 32.2. The predicted octanol–water partition coefficient (Wildman–Crippen LogP) is 2.98. The van der Waals surface area contributed by atoms with Gasteiger partial charge in [-0.1, -0.05) is 5.92 Å². The molecule has 1 aromatic heterocycles. The van der Waals surface area contributed by atoms with Crippen LogP contribution in [-0.2, 0) is 23.2 Å². The Morgan fingerprint density at radius 2 is 2.03 bits per heavy atom. The van der Waals surface area contributed by atoms with Crippen molar-refractivity contribution in [2.45, 2.75) is 30.0 Å². The van der Waals surface area contributed by atoms with E-state index < -0.39 is 61.1 Å². The zero-order chi connectivity index (χ0) is 25.2. The minimum absolute atomic E-state index is 0.145. The number of sulfonamides is 1. The van der Waals surface area contributed by atoms with Crippen LogP contribution in [0.25, 0.3) is 0 Å². The lowest BCUT2D eigenvalue weighted by Crippen LogP contribution is -2.25. The third-order valence-electron chi connectivity index (χ3n) is 4.44. The van der Waals surface area contributed by atoms with Crippen LogP contribution in [0.4, 0.5) is 23.2 Å². The van der Waals surface area contributed by atoms with Crippen LogP contribution in [0.5, 0.6) is 5.75 Å². The van der Waals surface area contributed by atoms with E-state index in [4.69, 9.17) is 11.2 Å². The lowest BCUT2D eigenvalue weighted by atomic mass is 10.1. The second-order valence-corrected chi connectivity index (χ2v) is 8.70. The van der Waals surface area contributed by atoms with Gasteiger partial charge in [0.25, 0.3) is 15.9 Å². The van der Waals surface area contributed by atoms with Crippen molar-refractivity contribution in [2.75, 3.05) is 11.9 Å². The van der Waals surface area contributed by atoms with Gasteiger partial charge in [0.1, 0.15) is 16.3 Å². The molecule has 8 nitrogen and oxygen atoms in total. The first-order chi connectivity index (χ1) is 15.1. The summed E-state index contributed by atoms with van der Waals surface area (Å²) in [6.07, 6.45) is 1.03. The Balaban J connectivity index is 2.48. The molecule has 1 atom stereocenters. The van der Waals surface area contributed by atoms with Gasteiger partial charge in [0, 0.05) is 32.1 Å². The van der Waals surface area contributed by atoms with E-state index in [0.717, 1.165) is 16.8 Å². The highest BCUT2D eigenvalue weighted by Crippen LogP contribution is 2.35. The van der Waals surface area contributed by atoms with Gasteiger partial charge < -0.3 is 19.7 Å². The molecule has 1 amide bonds. The summed E-state index contributed by atoms with van der Waals surface area (Å²) >= 11 is 0. The van der Waals surface area contributed by atoms with Crippen LogP contribution in [0.15, 0.2) is 33.7 Å². The Morgan fingerprint density at radius 1 is 1.39 bits per heavy atom. The van der Waals surface area contributed by atoms with E-state index in [1.165, 1.54) is 14.0 Å². The van der Waals surface area contributed by atoms with E-state index in [0.29, 0.717) is 12.1 Å². The first kappa shape index (κ1) is 25.9. The van der Waals surface area contributed by atoms with Gasteiger partial charge in [0.05, 0.1) is 12.2 Å². The van der Waals surface area contributed by atoms with Gasteiger partial charge in [-0.3, -0.25) is 4.79 Å². The third kappa shape index (κ3) is 5.91. The number of alkyl halides is 3. The van der Waals surface area contributed by atoms with E-state index in [2.05, 4.69) is 22.4 Å². The van der Waals surface area contributed by atoms with Crippen LogP contribution in [0, 0.1) is 18.2 Å². The number of aliphatic hydroxyl groups is 1. The molecule has 2 aromatic rings. The summed E-state index contributed by atoms with van der Waals surface area (Å²) < 4.78 is 86.4. The number of aryl methyl sites for hydroxylation is 1. The number of carbonyl (C=O) groups is 1. The molecule has 0 unspecified atom stereocenters. The number of nitrogens with one attached hydrogen (secondary N) is 1. The Kier molecular flexibility index (Phi) is 7.25. The average molecular weight is 489 g/mol. The Morgan fingerprint density at radius 3 is 2.58 bits per heavy atom. The van der Waals surface area contributed by atoms with Crippen molar-refractivity contribution in [3.8, 4) is 18.1 Å². The fourth-order valence-electron chi connectivity index (χ4n) is 2.67.